The second-order valence-electron chi connectivity index (χ2n) is 5.97. The maximum absolute atomic E-state index is 14.2. The van der Waals surface area contributed by atoms with Crippen LogP contribution in [0.2, 0.25) is 0 Å². The summed E-state index contributed by atoms with van der Waals surface area (Å²) in [6.45, 7) is 4.28. The van der Waals surface area contributed by atoms with E-state index in [0.717, 1.165) is 6.07 Å². The van der Waals surface area contributed by atoms with Crippen LogP contribution in [0, 0.1) is 5.82 Å². The van der Waals surface area contributed by atoms with Gasteiger partial charge in [0.25, 0.3) is 0 Å². The van der Waals surface area contributed by atoms with Crippen molar-refractivity contribution in [2.75, 3.05) is 7.11 Å². The molecule has 0 saturated carbocycles. The summed E-state index contributed by atoms with van der Waals surface area (Å²) >= 11 is 0. The number of alkyl halides is 2. The minimum absolute atomic E-state index is 0.239. The molecular weight excluding hydrogens is 300 g/mol. The minimum atomic E-state index is -3.12. The average Bonchev–Trinajstić information content (AvgIpc) is 2.60. The first-order valence-electron chi connectivity index (χ1n) is 6.76. The molecule has 2 rings (SSSR count). The van der Waals surface area contributed by atoms with Gasteiger partial charge < -0.3 is 18.8 Å². The number of methoxy groups -OCH3 is 1. The van der Waals surface area contributed by atoms with E-state index < -0.39 is 36.5 Å². The number of halogens is 3. The predicted molar refractivity (Wildman–Crippen MR) is 75.3 cm³/mol. The lowest BCUT2D eigenvalue weighted by Gasteiger charge is -2.32. The van der Waals surface area contributed by atoms with Crippen molar-refractivity contribution >= 4 is 12.6 Å². The Balaban J connectivity index is 2.39. The van der Waals surface area contributed by atoms with E-state index in [1.165, 1.54) is 13.2 Å². The van der Waals surface area contributed by atoms with Crippen molar-refractivity contribution in [3.63, 3.8) is 0 Å². The zero-order valence-electron chi connectivity index (χ0n) is 13.1. The van der Waals surface area contributed by atoms with Gasteiger partial charge >= 0.3 is 13.7 Å². The molecule has 1 aromatic carbocycles. The van der Waals surface area contributed by atoms with Crippen LogP contribution in [0.15, 0.2) is 12.1 Å². The first kappa shape index (κ1) is 17.0. The molecule has 0 radical (unpaired) electrons. The Kier molecular flexibility index (Phi) is 4.36. The fraction of sp³-hybridized carbons (Fsp3) is 0.571. The van der Waals surface area contributed by atoms with Gasteiger partial charge in [-0.3, -0.25) is 0 Å². The molecule has 1 aliphatic rings. The number of hydrogen-bond donors (Lipinski definition) is 0. The first-order chi connectivity index (χ1) is 10.1. The lowest BCUT2D eigenvalue weighted by molar-refractivity contribution is -0.0523. The van der Waals surface area contributed by atoms with E-state index in [9.17, 15) is 13.2 Å². The molecule has 0 atom stereocenters. The van der Waals surface area contributed by atoms with Crippen LogP contribution < -0.4 is 14.9 Å². The fourth-order valence-electron chi connectivity index (χ4n) is 2.10. The summed E-state index contributed by atoms with van der Waals surface area (Å²) in [6.07, 6.45) is 0. The van der Waals surface area contributed by atoms with Gasteiger partial charge in [0.05, 0.1) is 18.3 Å². The predicted octanol–water partition coefficient (Wildman–Crippen LogP) is 2.73. The van der Waals surface area contributed by atoms with E-state index in [-0.39, 0.29) is 11.2 Å². The largest absolute Gasteiger partial charge is 0.498 e. The quantitative estimate of drug-likeness (QED) is 0.800. The maximum atomic E-state index is 14.2. The number of rotatable bonds is 4. The molecule has 1 aliphatic heterocycles. The molecule has 1 heterocycles. The molecule has 22 heavy (non-hydrogen) atoms. The Labute approximate surface area is 127 Å². The van der Waals surface area contributed by atoms with E-state index >= 15 is 0 Å². The van der Waals surface area contributed by atoms with Gasteiger partial charge in [-0.2, -0.15) is 13.2 Å². The van der Waals surface area contributed by atoms with Gasteiger partial charge in [-0.1, -0.05) is 6.07 Å². The standard InChI is InChI=1S/C14H18BF3O4/c1-13(2)14(3,4)22-15(21-13)8-6-7-9(20-12(17)18)10(16)11(8)19-5/h6-7,12H,1-5H3. The van der Waals surface area contributed by atoms with Crippen molar-refractivity contribution in [3.05, 3.63) is 17.9 Å². The molecule has 122 valence electrons. The third-order valence-corrected chi connectivity index (χ3v) is 4.02. The third kappa shape index (κ3) is 2.89. The molecule has 0 N–H and O–H groups in total. The molecule has 0 amide bonds. The highest BCUT2D eigenvalue weighted by molar-refractivity contribution is 6.63. The lowest BCUT2D eigenvalue weighted by Crippen LogP contribution is -2.41. The van der Waals surface area contributed by atoms with Gasteiger partial charge in [0.15, 0.2) is 11.5 Å². The minimum Gasteiger partial charge on any atom is -0.494 e. The van der Waals surface area contributed by atoms with Gasteiger partial charge in [-0.05, 0) is 33.8 Å². The average molecular weight is 318 g/mol. The Morgan fingerprint density at radius 1 is 1.09 bits per heavy atom. The van der Waals surface area contributed by atoms with Crippen molar-refractivity contribution in [2.45, 2.75) is 45.5 Å². The van der Waals surface area contributed by atoms with Crippen molar-refractivity contribution in [1.29, 1.82) is 0 Å². The second kappa shape index (κ2) is 5.66. The van der Waals surface area contributed by atoms with Gasteiger partial charge in [0.1, 0.15) is 0 Å². The number of ether oxygens (including phenoxy) is 2. The molecule has 4 nitrogen and oxygen atoms in total. The Morgan fingerprint density at radius 2 is 1.64 bits per heavy atom. The van der Waals surface area contributed by atoms with Gasteiger partial charge in [-0.15, -0.1) is 0 Å². The van der Waals surface area contributed by atoms with E-state index in [1.54, 1.807) is 0 Å². The Bertz CT molecular complexity index is 547. The summed E-state index contributed by atoms with van der Waals surface area (Å²) in [5, 5.41) is 0. The smallest absolute Gasteiger partial charge is 0.494 e. The van der Waals surface area contributed by atoms with Crippen LogP contribution in [0.1, 0.15) is 27.7 Å². The molecule has 1 fully saturated rings. The van der Waals surface area contributed by atoms with E-state index in [4.69, 9.17) is 14.0 Å². The highest BCUT2D eigenvalue weighted by atomic mass is 19.3. The van der Waals surface area contributed by atoms with Crippen LogP contribution in [0.5, 0.6) is 11.5 Å². The number of hydrogen-bond acceptors (Lipinski definition) is 4. The summed E-state index contributed by atoms with van der Waals surface area (Å²) in [7, 11) is 0.370. The summed E-state index contributed by atoms with van der Waals surface area (Å²) in [4.78, 5) is 0. The summed E-state index contributed by atoms with van der Waals surface area (Å²) in [5.41, 5.74) is -0.950. The lowest BCUT2D eigenvalue weighted by atomic mass is 9.78. The first-order valence-corrected chi connectivity index (χ1v) is 6.76. The zero-order valence-corrected chi connectivity index (χ0v) is 13.1. The molecule has 0 aromatic heterocycles. The van der Waals surface area contributed by atoms with Crippen LogP contribution in [0.25, 0.3) is 0 Å². The van der Waals surface area contributed by atoms with Crippen LogP contribution in [-0.2, 0) is 9.31 Å². The summed E-state index contributed by atoms with van der Waals surface area (Å²) < 4.78 is 59.5. The topological polar surface area (TPSA) is 36.9 Å². The van der Waals surface area contributed by atoms with Crippen LogP contribution >= 0.6 is 0 Å². The second-order valence-corrected chi connectivity index (χ2v) is 5.97. The van der Waals surface area contributed by atoms with Crippen LogP contribution in [0.4, 0.5) is 13.2 Å². The highest BCUT2D eigenvalue weighted by Crippen LogP contribution is 2.38. The van der Waals surface area contributed by atoms with Crippen LogP contribution in [0.3, 0.4) is 0 Å². The normalized spacial score (nSPS) is 19.6. The third-order valence-electron chi connectivity index (χ3n) is 4.02. The summed E-state index contributed by atoms with van der Waals surface area (Å²) in [6, 6.07) is 2.49. The molecule has 0 aliphatic carbocycles. The van der Waals surface area contributed by atoms with Crippen molar-refractivity contribution in [1.82, 2.24) is 0 Å². The van der Waals surface area contributed by atoms with Gasteiger partial charge in [0, 0.05) is 5.46 Å². The van der Waals surface area contributed by atoms with Crippen LogP contribution in [-0.4, -0.2) is 32.0 Å². The van der Waals surface area contributed by atoms with Gasteiger partial charge in [0.2, 0.25) is 5.82 Å². The fourth-order valence-corrected chi connectivity index (χ4v) is 2.10. The van der Waals surface area contributed by atoms with Crippen molar-refractivity contribution < 1.29 is 32.0 Å². The molecule has 0 spiro atoms. The highest BCUT2D eigenvalue weighted by Gasteiger charge is 2.52. The van der Waals surface area contributed by atoms with E-state index in [0.29, 0.717) is 0 Å². The van der Waals surface area contributed by atoms with Crippen molar-refractivity contribution in [3.8, 4) is 11.5 Å². The molecule has 8 heteroatoms. The van der Waals surface area contributed by atoms with Crippen molar-refractivity contribution in [2.24, 2.45) is 0 Å². The number of benzene rings is 1. The molecule has 1 aromatic rings. The van der Waals surface area contributed by atoms with Gasteiger partial charge in [-0.25, -0.2) is 0 Å². The molecule has 1 saturated heterocycles. The van der Waals surface area contributed by atoms with E-state index in [1.807, 2.05) is 27.7 Å². The monoisotopic (exact) mass is 318 g/mol. The summed E-state index contributed by atoms with van der Waals surface area (Å²) in [5.74, 6) is -1.85. The zero-order chi connectivity index (χ0) is 16.7. The maximum Gasteiger partial charge on any atom is 0.498 e. The SMILES string of the molecule is COc1c(B2OC(C)(C)C(C)(C)O2)ccc(OC(F)F)c1F. The Hall–Kier alpha value is -1.41. The molecular formula is C14H18BF3O4. The van der Waals surface area contributed by atoms with E-state index in [2.05, 4.69) is 4.74 Å². The molecule has 0 unspecified atom stereocenters. The Morgan fingerprint density at radius 3 is 2.09 bits per heavy atom. The molecule has 0 bridgehead atoms.